The Morgan fingerprint density at radius 3 is 1.95 bits per heavy atom. The third kappa shape index (κ3) is 18.4. The van der Waals surface area contributed by atoms with Crippen LogP contribution in [0.1, 0.15) is 92.7 Å². The number of hydrogen-bond acceptors (Lipinski definition) is 12. The normalized spacial score (nSPS) is 18.2. The maximum Gasteiger partial charge on any atom is 0.245 e. The van der Waals surface area contributed by atoms with Crippen molar-refractivity contribution in [3.63, 3.8) is 0 Å². The molecule has 376 valence electrons. The van der Waals surface area contributed by atoms with Gasteiger partial charge in [0.2, 0.25) is 23.6 Å². The van der Waals surface area contributed by atoms with Crippen LogP contribution in [0.5, 0.6) is 0 Å². The van der Waals surface area contributed by atoms with Gasteiger partial charge in [0.1, 0.15) is 12.6 Å². The number of likely N-dealkylation sites (tertiary alicyclic amines) is 1. The van der Waals surface area contributed by atoms with Crippen LogP contribution in [-0.2, 0) is 47.6 Å². The zero-order chi connectivity index (χ0) is 49.3. The molecule has 0 saturated carbocycles. The number of hydrogen-bond donors (Lipinski definition) is 3. The first kappa shape index (κ1) is 58.5. The second-order valence-corrected chi connectivity index (χ2v) is 18.2. The largest absolute Gasteiger partial charge is 0.386 e. The molecular formula is C50H85N5O11. The Kier molecular flexibility index (Phi) is 27.8. The maximum absolute atomic E-state index is 14.6. The van der Waals surface area contributed by atoms with Gasteiger partial charge in [-0.15, -0.1) is 6.42 Å². The van der Waals surface area contributed by atoms with Crippen molar-refractivity contribution >= 4 is 23.6 Å². The maximum atomic E-state index is 14.6. The van der Waals surface area contributed by atoms with E-state index in [-0.39, 0.29) is 60.5 Å². The number of nitrogens with one attached hydrogen (secondary N) is 2. The van der Waals surface area contributed by atoms with Crippen LogP contribution in [0.15, 0.2) is 30.3 Å². The third-order valence-electron chi connectivity index (χ3n) is 12.7. The molecule has 2 rings (SSSR count). The van der Waals surface area contributed by atoms with Crippen LogP contribution < -0.4 is 10.6 Å². The molecule has 1 heterocycles. The Hall–Kier alpha value is -3.66. The number of aliphatic hydroxyl groups is 1. The number of likely N-dealkylation sites (N-methyl/N-ethyl adjacent to an activating group) is 2. The van der Waals surface area contributed by atoms with Crippen LogP contribution in [0.2, 0.25) is 0 Å². The summed E-state index contributed by atoms with van der Waals surface area (Å²) in [6.45, 7) is 19.6. The minimum Gasteiger partial charge on any atom is -0.386 e. The fourth-order valence-corrected chi connectivity index (χ4v) is 8.80. The van der Waals surface area contributed by atoms with E-state index in [1.165, 1.54) is 0 Å². The van der Waals surface area contributed by atoms with Crippen LogP contribution in [0.3, 0.4) is 0 Å². The number of aliphatic hydroxyl groups excluding tert-OH is 1. The van der Waals surface area contributed by atoms with E-state index in [9.17, 15) is 24.3 Å². The standard InChI is InChI=1S/C50H85N5O11/c1-14-25-63-27-29-65-31-32-66-30-28-64-26-24-53(10)44(35(5)6)49(59)52-43(34(3)4)50(60)54(11)45(36(7)15-2)41(61-12)33-42(56)55-23-19-22-40(55)47(62-13)37(8)48(58)51-38(9)46(57)39-20-17-16-18-21-39/h1,16-18,20-21,34-38,40-41,43-47,57H,15,19,22-33H2,2-13H3,(H,51,58)(H,52,59)/t36-,37+,38+,40-,41+,43-,44-,45-,46+,47+/m0/s1. The van der Waals surface area contributed by atoms with Gasteiger partial charge in [-0.05, 0) is 50.1 Å². The minimum atomic E-state index is -0.893. The number of carbonyl (C=O) groups is 4. The second kappa shape index (κ2) is 31.4. The molecule has 0 spiro atoms. The molecule has 1 aromatic carbocycles. The van der Waals surface area contributed by atoms with Crippen LogP contribution in [-0.4, -0.2) is 180 Å². The number of nitrogens with zero attached hydrogens (tertiary/aromatic N) is 3. The van der Waals surface area contributed by atoms with Gasteiger partial charge in [0, 0.05) is 34.4 Å². The summed E-state index contributed by atoms with van der Waals surface area (Å²) in [5.41, 5.74) is 0.701. The summed E-state index contributed by atoms with van der Waals surface area (Å²) in [6.07, 6.45) is 5.11. The highest BCUT2D eigenvalue weighted by molar-refractivity contribution is 5.90. The number of carbonyl (C=O) groups excluding carboxylic acids is 4. The minimum absolute atomic E-state index is 0.00251. The molecular weight excluding hydrogens is 847 g/mol. The summed E-state index contributed by atoms with van der Waals surface area (Å²) in [7, 11) is 6.71. The van der Waals surface area contributed by atoms with Crippen molar-refractivity contribution in [3.8, 4) is 12.3 Å². The Morgan fingerprint density at radius 1 is 0.833 bits per heavy atom. The van der Waals surface area contributed by atoms with Gasteiger partial charge in [0.05, 0.1) is 101 Å². The van der Waals surface area contributed by atoms with Crippen molar-refractivity contribution in [3.05, 3.63) is 35.9 Å². The van der Waals surface area contributed by atoms with Crippen molar-refractivity contribution in [1.82, 2.24) is 25.3 Å². The molecule has 0 aliphatic carbocycles. The average molecular weight is 932 g/mol. The zero-order valence-electron chi connectivity index (χ0n) is 42.2. The molecule has 1 aromatic rings. The molecule has 0 bridgehead atoms. The lowest BCUT2D eigenvalue weighted by atomic mass is 9.89. The first-order chi connectivity index (χ1) is 31.5. The summed E-state index contributed by atoms with van der Waals surface area (Å²) < 4.78 is 34.0. The van der Waals surface area contributed by atoms with Crippen molar-refractivity contribution in [1.29, 1.82) is 0 Å². The third-order valence-corrected chi connectivity index (χ3v) is 12.7. The molecule has 0 radical (unpaired) electrons. The average Bonchev–Trinajstić information content (AvgIpc) is 3.78. The van der Waals surface area contributed by atoms with E-state index in [1.54, 1.807) is 44.9 Å². The lowest BCUT2D eigenvalue weighted by Gasteiger charge is -2.41. The van der Waals surface area contributed by atoms with Crippen LogP contribution in [0.25, 0.3) is 0 Å². The molecule has 4 amide bonds. The molecule has 16 heteroatoms. The van der Waals surface area contributed by atoms with E-state index in [0.29, 0.717) is 77.7 Å². The molecule has 66 heavy (non-hydrogen) atoms. The number of benzene rings is 1. The Bertz CT molecular complexity index is 1600. The summed E-state index contributed by atoms with van der Waals surface area (Å²) >= 11 is 0. The molecule has 0 unspecified atom stereocenters. The molecule has 16 nitrogen and oxygen atoms in total. The molecule has 1 aliphatic heterocycles. The van der Waals surface area contributed by atoms with Crippen molar-refractivity contribution < 1.29 is 52.7 Å². The van der Waals surface area contributed by atoms with Crippen LogP contribution in [0.4, 0.5) is 0 Å². The van der Waals surface area contributed by atoms with Gasteiger partial charge >= 0.3 is 0 Å². The van der Waals surface area contributed by atoms with Crippen molar-refractivity contribution in [2.75, 3.05) is 94.3 Å². The van der Waals surface area contributed by atoms with Crippen molar-refractivity contribution in [2.45, 2.75) is 130 Å². The smallest absolute Gasteiger partial charge is 0.245 e. The first-order valence-electron chi connectivity index (χ1n) is 23.9. The summed E-state index contributed by atoms with van der Waals surface area (Å²) in [5, 5.41) is 16.9. The molecule has 1 fully saturated rings. The molecule has 10 atom stereocenters. The SMILES string of the molecule is C#CCOCCOCCOCCOCCN(C)[C@H](C(=O)N[C@H](C(=O)N(C)[C@@H]([C@@H](C)CC)[C@@H](CC(=O)N1CCC[C@H]1[C@H](OC)[C@@H](C)C(=O)N[C@H](C)[C@@H](O)c1ccccc1)OC)C(C)C)C(C)C. The van der Waals surface area contributed by atoms with Gasteiger partial charge in [-0.2, -0.15) is 0 Å². The summed E-state index contributed by atoms with van der Waals surface area (Å²) in [5.74, 6) is 0.469. The van der Waals surface area contributed by atoms with E-state index in [4.69, 9.17) is 34.8 Å². The predicted molar refractivity (Wildman–Crippen MR) is 255 cm³/mol. The predicted octanol–water partition coefficient (Wildman–Crippen LogP) is 3.94. The number of methoxy groups -OCH3 is 2. The Morgan fingerprint density at radius 2 is 1.42 bits per heavy atom. The number of terminal acetylenes is 1. The highest BCUT2D eigenvalue weighted by Crippen LogP contribution is 2.30. The number of rotatable bonds is 33. The first-order valence-corrected chi connectivity index (χ1v) is 23.9. The highest BCUT2D eigenvalue weighted by Gasteiger charge is 2.43. The zero-order valence-corrected chi connectivity index (χ0v) is 42.2. The Labute approximate surface area is 396 Å². The van der Waals surface area contributed by atoms with Gasteiger partial charge in [0.15, 0.2) is 0 Å². The fraction of sp³-hybridized carbons (Fsp3) is 0.760. The van der Waals surface area contributed by atoms with E-state index >= 15 is 0 Å². The van der Waals surface area contributed by atoms with Gasteiger partial charge in [0.25, 0.3) is 0 Å². The lowest BCUT2D eigenvalue weighted by molar-refractivity contribution is -0.148. The summed E-state index contributed by atoms with van der Waals surface area (Å²) in [6, 6.07) is 6.40. The fourth-order valence-electron chi connectivity index (χ4n) is 8.80. The van der Waals surface area contributed by atoms with Crippen LogP contribution >= 0.6 is 0 Å². The number of amides is 4. The van der Waals surface area contributed by atoms with Gasteiger partial charge in [-0.1, -0.05) is 91.1 Å². The van der Waals surface area contributed by atoms with Gasteiger partial charge < -0.3 is 54.0 Å². The Balaban J connectivity index is 2.09. The van der Waals surface area contributed by atoms with Crippen LogP contribution in [0, 0.1) is 36.0 Å². The number of ether oxygens (including phenoxy) is 6. The van der Waals surface area contributed by atoms with Gasteiger partial charge in [-0.25, -0.2) is 0 Å². The highest BCUT2D eigenvalue weighted by atomic mass is 16.6. The molecule has 1 aliphatic rings. The van der Waals surface area contributed by atoms with Gasteiger partial charge in [-0.3, -0.25) is 24.1 Å². The van der Waals surface area contributed by atoms with Crippen molar-refractivity contribution in [2.24, 2.45) is 23.7 Å². The summed E-state index contributed by atoms with van der Waals surface area (Å²) in [4.78, 5) is 61.9. The monoisotopic (exact) mass is 932 g/mol. The lowest BCUT2D eigenvalue weighted by Crippen LogP contribution is -2.60. The molecule has 1 saturated heterocycles. The quantitative estimate of drug-likeness (QED) is 0.0685. The second-order valence-electron chi connectivity index (χ2n) is 18.2. The van der Waals surface area contributed by atoms with E-state index in [1.807, 2.05) is 83.8 Å². The van der Waals surface area contributed by atoms with E-state index in [0.717, 1.165) is 6.42 Å². The van der Waals surface area contributed by atoms with E-state index in [2.05, 4.69) is 16.6 Å². The topological polar surface area (TPSA) is 178 Å². The molecule has 3 N–H and O–H groups in total. The molecule has 0 aromatic heterocycles. The van der Waals surface area contributed by atoms with E-state index < -0.39 is 48.4 Å².